The molecule has 0 saturated carbocycles. The summed E-state index contributed by atoms with van der Waals surface area (Å²) >= 11 is 0. The minimum atomic E-state index is -0.230. The number of rotatable bonds is 5. The van der Waals surface area contributed by atoms with Crippen LogP contribution in [0.4, 0.5) is 0 Å². The van der Waals surface area contributed by atoms with E-state index in [2.05, 4.69) is 19.1 Å². The van der Waals surface area contributed by atoms with Gasteiger partial charge in [-0.1, -0.05) is 37.3 Å². The Morgan fingerprint density at radius 3 is 2.65 bits per heavy atom. The number of fused-ring (bicyclic) bond motifs is 2. The lowest BCUT2D eigenvalue weighted by atomic mass is 9.99. The summed E-state index contributed by atoms with van der Waals surface area (Å²) in [6.45, 7) is 2.72. The Bertz CT molecular complexity index is 420. The van der Waals surface area contributed by atoms with Crippen LogP contribution in [0.1, 0.15) is 25.3 Å². The molecule has 4 heteroatoms. The Balaban J connectivity index is 1.65. The fourth-order valence-electron chi connectivity index (χ4n) is 2.98. The van der Waals surface area contributed by atoms with E-state index in [0.717, 1.165) is 12.8 Å². The first-order valence-electron chi connectivity index (χ1n) is 7.31. The molecule has 0 aromatic heterocycles. The van der Waals surface area contributed by atoms with E-state index in [0.29, 0.717) is 6.61 Å². The van der Waals surface area contributed by atoms with Crippen LogP contribution in [-0.4, -0.2) is 37.8 Å². The van der Waals surface area contributed by atoms with Gasteiger partial charge in [0.1, 0.15) is 12.2 Å². The summed E-state index contributed by atoms with van der Waals surface area (Å²) in [5, 5.41) is 0. The summed E-state index contributed by atoms with van der Waals surface area (Å²) in [5.74, 6) is 0. The van der Waals surface area contributed by atoms with Crippen molar-refractivity contribution in [3.05, 3.63) is 35.9 Å². The van der Waals surface area contributed by atoms with Crippen LogP contribution in [0.15, 0.2) is 30.3 Å². The maximum absolute atomic E-state index is 6.08. The zero-order valence-corrected chi connectivity index (χ0v) is 12.0. The molecule has 3 rings (SSSR count). The molecule has 0 spiro atoms. The first-order chi connectivity index (χ1) is 9.81. The van der Waals surface area contributed by atoms with Crippen LogP contribution >= 0.6 is 0 Å². The van der Waals surface area contributed by atoms with E-state index in [1.54, 1.807) is 7.11 Å². The largest absolute Gasteiger partial charge is 0.376 e. The van der Waals surface area contributed by atoms with E-state index in [1.807, 2.05) is 18.2 Å². The van der Waals surface area contributed by atoms with E-state index in [-0.39, 0.29) is 30.7 Å². The van der Waals surface area contributed by atoms with Crippen molar-refractivity contribution < 1.29 is 18.9 Å². The highest BCUT2D eigenvalue weighted by atomic mass is 16.8. The van der Waals surface area contributed by atoms with Crippen LogP contribution in [0.2, 0.25) is 0 Å². The molecule has 2 bridgehead atoms. The lowest BCUT2D eigenvalue weighted by molar-refractivity contribution is -0.201. The van der Waals surface area contributed by atoms with Crippen molar-refractivity contribution in [3.8, 4) is 0 Å². The van der Waals surface area contributed by atoms with Crippen molar-refractivity contribution in [2.24, 2.45) is 0 Å². The second kappa shape index (κ2) is 6.22. The van der Waals surface area contributed by atoms with Crippen LogP contribution in [-0.2, 0) is 25.6 Å². The number of benzene rings is 1. The molecule has 5 atom stereocenters. The maximum atomic E-state index is 6.08. The Hall–Kier alpha value is -0.940. The molecule has 0 radical (unpaired) electrons. The molecule has 4 nitrogen and oxygen atoms in total. The normalized spacial score (nSPS) is 36.2. The van der Waals surface area contributed by atoms with Crippen LogP contribution in [0.25, 0.3) is 0 Å². The Kier molecular flexibility index (Phi) is 4.36. The zero-order chi connectivity index (χ0) is 13.9. The van der Waals surface area contributed by atoms with Gasteiger partial charge in [0, 0.05) is 13.5 Å². The van der Waals surface area contributed by atoms with Crippen molar-refractivity contribution in [1.82, 2.24) is 0 Å². The van der Waals surface area contributed by atoms with Crippen molar-refractivity contribution in [3.63, 3.8) is 0 Å². The van der Waals surface area contributed by atoms with Gasteiger partial charge in [0.2, 0.25) is 0 Å². The van der Waals surface area contributed by atoms with Gasteiger partial charge in [-0.05, 0) is 12.0 Å². The number of hydrogen-bond acceptors (Lipinski definition) is 4. The summed E-state index contributed by atoms with van der Waals surface area (Å²) in [4.78, 5) is 0. The Morgan fingerprint density at radius 1 is 1.15 bits per heavy atom. The van der Waals surface area contributed by atoms with E-state index in [4.69, 9.17) is 18.9 Å². The summed E-state index contributed by atoms with van der Waals surface area (Å²) in [6, 6.07) is 10.2. The van der Waals surface area contributed by atoms with E-state index in [9.17, 15) is 0 Å². The van der Waals surface area contributed by atoms with Crippen molar-refractivity contribution in [1.29, 1.82) is 0 Å². The maximum Gasteiger partial charge on any atom is 0.184 e. The van der Waals surface area contributed by atoms with Gasteiger partial charge in [-0.25, -0.2) is 0 Å². The zero-order valence-electron chi connectivity index (χ0n) is 12.0. The van der Waals surface area contributed by atoms with Crippen molar-refractivity contribution in [2.45, 2.75) is 57.1 Å². The number of methoxy groups -OCH3 is 1. The molecule has 2 heterocycles. The molecule has 1 aromatic rings. The highest BCUT2D eigenvalue weighted by Gasteiger charge is 2.49. The van der Waals surface area contributed by atoms with E-state index < -0.39 is 0 Å². The second-order valence-electron chi connectivity index (χ2n) is 5.40. The van der Waals surface area contributed by atoms with Gasteiger partial charge >= 0.3 is 0 Å². The highest BCUT2D eigenvalue weighted by Crippen LogP contribution is 2.36. The predicted octanol–water partition coefficient (Wildman–Crippen LogP) is 2.51. The molecular formula is C16H22O4. The predicted molar refractivity (Wildman–Crippen MR) is 74.3 cm³/mol. The van der Waals surface area contributed by atoms with Gasteiger partial charge in [0.25, 0.3) is 0 Å². The fraction of sp³-hybridized carbons (Fsp3) is 0.625. The van der Waals surface area contributed by atoms with Gasteiger partial charge in [0.15, 0.2) is 6.29 Å². The minimum Gasteiger partial charge on any atom is -0.376 e. The molecule has 2 aliphatic heterocycles. The van der Waals surface area contributed by atoms with Gasteiger partial charge in [-0.15, -0.1) is 0 Å². The van der Waals surface area contributed by atoms with Gasteiger partial charge in [-0.3, -0.25) is 0 Å². The van der Waals surface area contributed by atoms with E-state index >= 15 is 0 Å². The van der Waals surface area contributed by atoms with Gasteiger partial charge in [-0.2, -0.15) is 0 Å². The molecule has 2 aliphatic rings. The summed E-state index contributed by atoms with van der Waals surface area (Å²) < 4.78 is 23.4. The average molecular weight is 278 g/mol. The standard InChI is InChI=1S/C16H22O4/c1-3-12-15-13(9-14(17-2)16(19-12)20-15)18-10-11-7-5-4-6-8-11/h4-8,12-16H,3,9-10H2,1-2H3/t12-,13+,14-,15-,16?/m1/s1. The Labute approximate surface area is 120 Å². The first-order valence-corrected chi connectivity index (χ1v) is 7.31. The van der Waals surface area contributed by atoms with Crippen molar-refractivity contribution >= 4 is 0 Å². The minimum absolute atomic E-state index is 0.0279. The summed E-state index contributed by atoms with van der Waals surface area (Å²) in [7, 11) is 1.70. The van der Waals surface area contributed by atoms with Crippen LogP contribution in [0.5, 0.6) is 0 Å². The highest BCUT2D eigenvalue weighted by molar-refractivity contribution is 5.13. The third kappa shape index (κ3) is 2.74. The van der Waals surface area contributed by atoms with E-state index in [1.165, 1.54) is 5.56 Å². The molecule has 1 unspecified atom stereocenters. The van der Waals surface area contributed by atoms with Gasteiger partial charge in [0.05, 0.1) is 18.8 Å². The Morgan fingerprint density at radius 2 is 1.95 bits per heavy atom. The molecular weight excluding hydrogens is 256 g/mol. The number of ether oxygens (including phenoxy) is 4. The smallest absolute Gasteiger partial charge is 0.184 e. The SMILES string of the molecule is CC[C@H]1OC2O[C@H]1[C@@H](OCc1ccccc1)C[C@H]2OC. The molecule has 0 N–H and O–H groups in total. The molecule has 110 valence electrons. The lowest BCUT2D eigenvalue weighted by Gasteiger charge is -2.33. The average Bonchev–Trinajstić information content (AvgIpc) is 2.87. The topological polar surface area (TPSA) is 36.9 Å². The molecule has 0 amide bonds. The second-order valence-corrected chi connectivity index (χ2v) is 5.40. The first kappa shape index (κ1) is 14.0. The van der Waals surface area contributed by atoms with Gasteiger partial charge < -0.3 is 18.9 Å². The fourth-order valence-corrected chi connectivity index (χ4v) is 2.98. The monoisotopic (exact) mass is 278 g/mol. The molecule has 1 aromatic carbocycles. The molecule has 2 fully saturated rings. The lowest BCUT2D eigenvalue weighted by Crippen LogP contribution is -2.45. The van der Waals surface area contributed by atoms with Crippen LogP contribution in [0, 0.1) is 0 Å². The summed E-state index contributed by atoms with van der Waals surface area (Å²) in [5.41, 5.74) is 1.18. The molecule has 2 saturated heterocycles. The number of hydrogen-bond donors (Lipinski definition) is 0. The van der Waals surface area contributed by atoms with Crippen LogP contribution in [0.3, 0.4) is 0 Å². The quantitative estimate of drug-likeness (QED) is 0.829. The summed E-state index contributed by atoms with van der Waals surface area (Å²) in [6.07, 6.45) is 1.66. The van der Waals surface area contributed by atoms with Crippen molar-refractivity contribution in [2.75, 3.05) is 7.11 Å². The molecule has 0 aliphatic carbocycles. The van der Waals surface area contributed by atoms with Crippen LogP contribution < -0.4 is 0 Å². The molecule has 20 heavy (non-hydrogen) atoms. The third-order valence-electron chi connectivity index (χ3n) is 4.11. The third-order valence-corrected chi connectivity index (χ3v) is 4.11.